The Morgan fingerprint density at radius 3 is 3.00 bits per heavy atom. The molecule has 0 radical (unpaired) electrons. The quantitative estimate of drug-likeness (QED) is 0.753. The number of rotatable bonds is 3. The van der Waals surface area contributed by atoms with Gasteiger partial charge in [0, 0.05) is 6.54 Å². The van der Waals surface area contributed by atoms with Gasteiger partial charge in [-0.15, -0.1) is 0 Å². The Morgan fingerprint density at radius 2 is 2.38 bits per heavy atom. The third-order valence-electron chi connectivity index (χ3n) is 2.13. The van der Waals surface area contributed by atoms with Crippen LogP contribution in [0.15, 0.2) is 18.2 Å². The highest BCUT2D eigenvalue weighted by Crippen LogP contribution is 2.25. The molecule has 1 atom stereocenters. The maximum atomic E-state index is 6.03. The first-order valence-electron chi connectivity index (χ1n) is 4.38. The number of halogens is 1. The average molecular weight is 198 g/mol. The fraction of sp³-hybridized carbons (Fsp3) is 0.400. The first-order valence-corrected chi connectivity index (χ1v) is 4.76. The van der Waals surface area contributed by atoms with Crippen molar-refractivity contribution in [2.45, 2.75) is 13.0 Å². The van der Waals surface area contributed by atoms with Crippen molar-refractivity contribution in [1.29, 1.82) is 0 Å². The van der Waals surface area contributed by atoms with Gasteiger partial charge in [-0.3, -0.25) is 0 Å². The largest absolute Gasteiger partial charge is 0.381 e. The average Bonchev–Trinajstić information content (AvgIpc) is 2.87. The third kappa shape index (κ3) is 2.14. The SMILES string of the molecule is Cc1cccc(Cl)c1NC[C@H]1CO1. The molecule has 0 bridgehead atoms. The summed E-state index contributed by atoms with van der Waals surface area (Å²) in [6, 6.07) is 5.89. The van der Waals surface area contributed by atoms with Crippen LogP contribution >= 0.6 is 11.6 Å². The van der Waals surface area contributed by atoms with E-state index in [1.54, 1.807) is 0 Å². The van der Waals surface area contributed by atoms with E-state index in [0.29, 0.717) is 6.10 Å². The molecule has 0 spiro atoms. The summed E-state index contributed by atoms with van der Waals surface area (Å²) in [6.07, 6.45) is 0.385. The number of nitrogens with one attached hydrogen (secondary N) is 1. The molecule has 1 fully saturated rings. The summed E-state index contributed by atoms with van der Waals surface area (Å²) in [4.78, 5) is 0. The fourth-order valence-electron chi connectivity index (χ4n) is 1.26. The van der Waals surface area contributed by atoms with Crippen LogP contribution in [0.5, 0.6) is 0 Å². The molecule has 0 unspecified atom stereocenters. The van der Waals surface area contributed by atoms with Crippen molar-refractivity contribution in [3.8, 4) is 0 Å². The Balaban J connectivity index is 2.07. The van der Waals surface area contributed by atoms with Crippen LogP contribution in [0.1, 0.15) is 5.56 Å². The monoisotopic (exact) mass is 197 g/mol. The van der Waals surface area contributed by atoms with Gasteiger partial charge in [-0.1, -0.05) is 23.7 Å². The van der Waals surface area contributed by atoms with Crippen molar-refractivity contribution < 1.29 is 4.74 Å². The molecular formula is C10H12ClNO. The van der Waals surface area contributed by atoms with E-state index in [1.165, 1.54) is 5.56 Å². The fourth-order valence-corrected chi connectivity index (χ4v) is 1.55. The second kappa shape index (κ2) is 3.56. The number of benzene rings is 1. The van der Waals surface area contributed by atoms with Crippen molar-refractivity contribution in [3.05, 3.63) is 28.8 Å². The van der Waals surface area contributed by atoms with E-state index < -0.39 is 0 Å². The van der Waals surface area contributed by atoms with Gasteiger partial charge in [-0.05, 0) is 18.6 Å². The number of hydrogen-bond donors (Lipinski definition) is 1. The molecule has 0 amide bonds. The van der Waals surface area contributed by atoms with Crippen LogP contribution in [0.25, 0.3) is 0 Å². The van der Waals surface area contributed by atoms with Crippen LogP contribution in [0, 0.1) is 6.92 Å². The minimum atomic E-state index is 0.385. The number of para-hydroxylation sites is 1. The normalized spacial score (nSPS) is 20.0. The Bertz CT molecular complexity index is 290. The highest BCUT2D eigenvalue weighted by atomic mass is 35.5. The Morgan fingerprint density at radius 1 is 1.62 bits per heavy atom. The minimum absolute atomic E-state index is 0.385. The van der Waals surface area contributed by atoms with Crippen molar-refractivity contribution in [1.82, 2.24) is 0 Å². The predicted molar refractivity (Wildman–Crippen MR) is 54.4 cm³/mol. The van der Waals surface area contributed by atoms with Crippen molar-refractivity contribution in [2.75, 3.05) is 18.5 Å². The van der Waals surface area contributed by atoms with Gasteiger partial charge in [0.2, 0.25) is 0 Å². The minimum Gasteiger partial charge on any atom is -0.381 e. The summed E-state index contributed by atoms with van der Waals surface area (Å²) in [5.41, 5.74) is 2.20. The van der Waals surface area contributed by atoms with Crippen molar-refractivity contribution >= 4 is 17.3 Å². The lowest BCUT2D eigenvalue weighted by atomic mass is 10.2. The second-order valence-electron chi connectivity index (χ2n) is 3.27. The van der Waals surface area contributed by atoms with Crippen LogP contribution in [0.3, 0.4) is 0 Å². The second-order valence-corrected chi connectivity index (χ2v) is 3.68. The maximum absolute atomic E-state index is 6.03. The Kier molecular flexibility index (Phi) is 2.42. The maximum Gasteiger partial charge on any atom is 0.0981 e. The lowest BCUT2D eigenvalue weighted by molar-refractivity contribution is 0.416. The van der Waals surface area contributed by atoms with E-state index in [1.807, 2.05) is 25.1 Å². The molecular weight excluding hydrogens is 186 g/mol. The molecule has 1 aromatic carbocycles. The molecule has 1 saturated heterocycles. The zero-order valence-electron chi connectivity index (χ0n) is 7.51. The van der Waals surface area contributed by atoms with E-state index in [0.717, 1.165) is 23.9 Å². The van der Waals surface area contributed by atoms with Crippen molar-refractivity contribution in [2.24, 2.45) is 0 Å². The lowest BCUT2D eigenvalue weighted by Gasteiger charge is -2.09. The molecule has 2 nitrogen and oxygen atoms in total. The van der Waals surface area contributed by atoms with Crippen LogP contribution in [-0.4, -0.2) is 19.3 Å². The zero-order valence-corrected chi connectivity index (χ0v) is 8.27. The number of hydrogen-bond acceptors (Lipinski definition) is 2. The van der Waals surface area contributed by atoms with Gasteiger partial charge in [0.05, 0.1) is 23.4 Å². The smallest absolute Gasteiger partial charge is 0.0981 e. The molecule has 3 heteroatoms. The summed E-state index contributed by atoms with van der Waals surface area (Å²) >= 11 is 6.03. The molecule has 1 aliphatic rings. The van der Waals surface area contributed by atoms with Crippen LogP contribution in [0.4, 0.5) is 5.69 Å². The molecule has 0 aliphatic carbocycles. The molecule has 1 N–H and O–H groups in total. The van der Waals surface area contributed by atoms with Gasteiger partial charge in [0.15, 0.2) is 0 Å². The van der Waals surface area contributed by atoms with Crippen LogP contribution < -0.4 is 5.32 Å². The number of ether oxygens (including phenoxy) is 1. The molecule has 13 heavy (non-hydrogen) atoms. The Hall–Kier alpha value is -0.730. The van der Waals surface area contributed by atoms with E-state index >= 15 is 0 Å². The van der Waals surface area contributed by atoms with Crippen LogP contribution in [-0.2, 0) is 4.74 Å². The predicted octanol–water partition coefficient (Wildman–Crippen LogP) is 2.46. The van der Waals surface area contributed by atoms with Gasteiger partial charge >= 0.3 is 0 Å². The van der Waals surface area contributed by atoms with E-state index in [9.17, 15) is 0 Å². The first kappa shape index (κ1) is 8.85. The number of aryl methyl sites for hydroxylation is 1. The van der Waals surface area contributed by atoms with Gasteiger partial charge in [-0.25, -0.2) is 0 Å². The molecule has 1 heterocycles. The van der Waals surface area contributed by atoms with Gasteiger partial charge < -0.3 is 10.1 Å². The zero-order chi connectivity index (χ0) is 9.26. The summed E-state index contributed by atoms with van der Waals surface area (Å²) in [7, 11) is 0. The highest BCUT2D eigenvalue weighted by molar-refractivity contribution is 6.33. The summed E-state index contributed by atoms with van der Waals surface area (Å²) in [5, 5.41) is 4.06. The van der Waals surface area contributed by atoms with Gasteiger partial charge in [0.25, 0.3) is 0 Å². The summed E-state index contributed by atoms with van der Waals surface area (Å²) in [5.74, 6) is 0. The highest BCUT2D eigenvalue weighted by Gasteiger charge is 2.22. The Labute approximate surface area is 82.9 Å². The number of anilines is 1. The van der Waals surface area contributed by atoms with Crippen molar-refractivity contribution in [3.63, 3.8) is 0 Å². The van der Waals surface area contributed by atoms with E-state index in [-0.39, 0.29) is 0 Å². The van der Waals surface area contributed by atoms with E-state index in [4.69, 9.17) is 16.3 Å². The molecule has 1 aliphatic heterocycles. The first-order chi connectivity index (χ1) is 6.27. The number of epoxide rings is 1. The third-order valence-corrected chi connectivity index (χ3v) is 2.45. The lowest BCUT2D eigenvalue weighted by Crippen LogP contribution is -2.08. The topological polar surface area (TPSA) is 24.6 Å². The van der Waals surface area contributed by atoms with Gasteiger partial charge in [0.1, 0.15) is 0 Å². The van der Waals surface area contributed by atoms with Crippen LogP contribution in [0.2, 0.25) is 5.02 Å². The molecule has 0 saturated carbocycles. The molecule has 0 aromatic heterocycles. The standard InChI is InChI=1S/C10H12ClNO/c1-7-3-2-4-9(11)10(7)12-5-8-6-13-8/h2-4,8,12H,5-6H2,1H3/t8-/m0/s1. The summed E-state index contributed by atoms with van der Waals surface area (Å²) in [6.45, 7) is 3.77. The van der Waals surface area contributed by atoms with Gasteiger partial charge in [-0.2, -0.15) is 0 Å². The molecule has 2 rings (SSSR count). The molecule has 70 valence electrons. The summed E-state index contributed by atoms with van der Waals surface area (Å²) < 4.78 is 5.10. The van der Waals surface area contributed by atoms with E-state index in [2.05, 4.69) is 5.32 Å². The molecule has 1 aromatic rings.